The van der Waals surface area contributed by atoms with Crippen LogP contribution in [0.4, 0.5) is 4.39 Å². The average Bonchev–Trinajstić information content (AvgIpc) is 3.28. The van der Waals surface area contributed by atoms with Crippen molar-refractivity contribution in [3.05, 3.63) is 90.0 Å². The van der Waals surface area contributed by atoms with E-state index in [0.717, 1.165) is 39.0 Å². The molecule has 1 N–H and O–H groups in total. The lowest BCUT2D eigenvalue weighted by Crippen LogP contribution is -2.03. The highest BCUT2D eigenvalue weighted by atomic mass is 19.1. The summed E-state index contributed by atoms with van der Waals surface area (Å²) in [6, 6.07) is 18.3. The molecular formula is C24H18FN3O2. The zero-order valence-corrected chi connectivity index (χ0v) is 16.2. The minimum absolute atomic E-state index is 0.0502. The number of aromatic carboxylic acids is 1. The van der Waals surface area contributed by atoms with Crippen LogP contribution in [0, 0.1) is 5.82 Å². The molecule has 3 aromatic carbocycles. The number of fused-ring (bicyclic) bond motifs is 2. The Hall–Kier alpha value is -3.93. The second kappa shape index (κ2) is 6.84. The minimum Gasteiger partial charge on any atom is -0.478 e. The molecule has 0 aliphatic carbocycles. The molecule has 0 unspecified atom stereocenters. The van der Waals surface area contributed by atoms with Crippen molar-refractivity contribution in [1.29, 1.82) is 0 Å². The molecule has 0 aliphatic heterocycles. The summed E-state index contributed by atoms with van der Waals surface area (Å²) in [5, 5.41) is 15.8. The first kappa shape index (κ1) is 18.1. The van der Waals surface area contributed by atoms with Crippen LogP contribution in [-0.4, -0.2) is 25.4 Å². The molecule has 0 aliphatic rings. The predicted octanol–water partition coefficient (Wildman–Crippen LogP) is 5.08. The smallest absolute Gasteiger partial charge is 0.335 e. The summed E-state index contributed by atoms with van der Waals surface area (Å²) in [6.45, 7) is 0.379. The van der Waals surface area contributed by atoms with Crippen molar-refractivity contribution in [3.63, 3.8) is 0 Å². The quantitative estimate of drug-likeness (QED) is 0.458. The summed E-state index contributed by atoms with van der Waals surface area (Å²) in [5.74, 6) is -1.69. The highest BCUT2D eigenvalue weighted by Gasteiger charge is 2.10. The fraction of sp³-hybridized carbons (Fsp3) is 0.0833. The molecule has 0 fully saturated rings. The maximum atomic E-state index is 13.9. The number of hydrogen-bond acceptors (Lipinski definition) is 2. The summed E-state index contributed by atoms with van der Waals surface area (Å²) >= 11 is 0. The number of carbonyl (C=O) groups is 1. The van der Waals surface area contributed by atoms with E-state index in [2.05, 4.69) is 41.5 Å². The van der Waals surface area contributed by atoms with Gasteiger partial charge in [-0.15, -0.1) is 0 Å². The van der Waals surface area contributed by atoms with E-state index in [-0.39, 0.29) is 5.56 Å². The van der Waals surface area contributed by atoms with Gasteiger partial charge in [-0.1, -0.05) is 24.3 Å². The Labute approximate surface area is 171 Å². The van der Waals surface area contributed by atoms with Gasteiger partial charge in [-0.2, -0.15) is 5.10 Å². The maximum absolute atomic E-state index is 13.9. The molecule has 6 heteroatoms. The molecule has 2 heterocycles. The standard InChI is InChI=1S/C24H18FN3O2/c1-27-14-19-5-4-17(11-22(19)26-27)18-3-2-16-6-7-28(23(16)12-18)13-15-8-20(24(29)30)10-21(25)9-15/h2-12,14H,13H2,1H3,(H,29,30). The van der Waals surface area contributed by atoms with E-state index in [9.17, 15) is 14.3 Å². The van der Waals surface area contributed by atoms with Crippen LogP contribution in [0.2, 0.25) is 0 Å². The summed E-state index contributed by atoms with van der Waals surface area (Å²) in [7, 11) is 1.90. The largest absolute Gasteiger partial charge is 0.478 e. The van der Waals surface area contributed by atoms with Gasteiger partial charge in [-0.05, 0) is 58.5 Å². The van der Waals surface area contributed by atoms with Gasteiger partial charge >= 0.3 is 5.97 Å². The highest BCUT2D eigenvalue weighted by Crippen LogP contribution is 2.28. The second-order valence-corrected chi connectivity index (χ2v) is 7.45. The molecule has 5 nitrogen and oxygen atoms in total. The first-order valence-electron chi connectivity index (χ1n) is 9.52. The van der Waals surface area contributed by atoms with Crippen LogP contribution in [0.1, 0.15) is 15.9 Å². The van der Waals surface area contributed by atoms with Crippen molar-refractivity contribution in [2.24, 2.45) is 7.05 Å². The van der Waals surface area contributed by atoms with Crippen LogP contribution in [0.15, 0.2) is 73.1 Å². The zero-order valence-electron chi connectivity index (χ0n) is 16.2. The number of carboxylic acid groups (broad SMARTS) is 1. The Morgan fingerprint density at radius 3 is 2.57 bits per heavy atom. The molecule has 30 heavy (non-hydrogen) atoms. The van der Waals surface area contributed by atoms with E-state index < -0.39 is 11.8 Å². The highest BCUT2D eigenvalue weighted by molar-refractivity contribution is 5.89. The van der Waals surface area contributed by atoms with Crippen molar-refractivity contribution >= 4 is 27.8 Å². The van der Waals surface area contributed by atoms with Crippen molar-refractivity contribution in [3.8, 4) is 11.1 Å². The van der Waals surface area contributed by atoms with E-state index in [4.69, 9.17) is 0 Å². The Balaban J connectivity index is 1.55. The summed E-state index contributed by atoms with van der Waals surface area (Å²) in [5.41, 5.74) is 4.60. The number of carboxylic acids is 1. The number of halogens is 1. The third-order valence-corrected chi connectivity index (χ3v) is 5.29. The first-order chi connectivity index (χ1) is 14.5. The first-order valence-corrected chi connectivity index (χ1v) is 9.52. The van der Waals surface area contributed by atoms with Gasteiger partial charge in [-0.25, -0.2) is 9.18 Å². The van der Waals surface area contributed by atoms with Crippen molar-refractivity contribution in [1.82, 2.24) is 14.3 Å². The summed E-state index contributed by atoms with van der Waals surface area (Å²) < 4.78 is 17.7. The topological polar surface area (TPSA) is 60.0 Å². The molecule has 0 amide bonds. The van der Waals surface area contributed by atoms with Crippen molar-refractivity contribution in [2.75, 3.05) is 0 Å². The fourth-order valence-electron chi connectivity index (χ4n) is 3.88. The summed E-state index contributed by atoms with van der Waals surface area (Å²) in [4.78, 5) is 11.2. The van der Waals surface area contributed by atoms with E-state index in [1.165, 1.54) is 12.1 Å². The lowest BCUT2D eigenvalue weighted by molar-refractivity contribution is 0.0696. The van der Waals surface area contributed by atoms with Gasteiger partial charge in [0.05, 0.1) is 11.1 Å². The molecule has 0 spiro atoms. The molecule has 148 valence electrons. The molecule has 5 rings (SSSR count). The van der Waals surface area contributed by atoms with Crippen molar-refractivity contribution in [2.45, 2.75) is 6.54 Å². The van der Waals surface area contributed by atoms with Gasteiger partial charge in [0.1, 0.15) is 5.82 Å². The lowest BCUT2D eigenvalue weighted by atomic mass is 10.0. The molecule has 0 bridgehead atoms. The molecular weight excluding hydrogens is 381 g/mol. The predicted molar refractivity (Wildman–Crippen MR) is 114 cm³/mol. The molecule has 0 saturated carbocycles. The third-order valence-electron chi connectivity index (χ3n) is 5.29. The molecule has 0 radical (unpaired) electrons. The second-order valence-electron chi connectivity index (χ2n) is 7.45. The molecule has 2 aromatic heterocycles. The van der Waals surface area contributed by atoms with Crippen LogP contribution in [0.5, 0.6) is 0 Å². The van der Waals surface area contributed by atoms with E-state index in [1.807, 2.05) is 30.1 Å². The molecule has 0 saturated heterocycles. The number of benzene rings is 3. The van der Waals surface area contributed by atoms with E-state index >= 15 is 0 Å². The number of rotatable bonds is 4. The van der Waals surface area contributed by atoms with E-state index in [0.29, 0.717) is 12.1 Å². The minimum atomic E-state index is -1.14. The van der Waals surface area contributed by atoms with Crippen LogP contribution < -0.4 is 0 Å². The Kier molecular flexibility index (Phi) is 4.13. The van der Waals surface area contributed by atoms with Gasteiger partial charge in [0, 0.05) is 36.9 Å². The van der Waals surface area contributed by atoms with Crippen LogP contribution in [0.3, 0.4) is 0 Å². The normalized spacial score (nSPS) is 11.4. The van der Waals surface area contributed by atoms with Crippen LogP contribution >= 0.6 is 0 Å². The van der Waals surface area contributed by atoms with Gasteiger partial charge in [0.2, 0.25) is 0 Å². The number of aryl methyl sites for hydroxylation is 1. The average molecular weight is 399 g/mol. The Morgan fingerprint density at radius 1 is 1.00 bits per heavy atom. The number of nitrogens with zero attached hydrogens (tertiary/aromatic N) is 3. The third kappa shape index (κ3) is 3.22. The Morgan fingerprint density at radius 2 is 1.77 bits per heavy atom. The van der Waals surface area contributed by atoms with Crippen molar-refractivity contribution < 1.29 is 14.3 Å². The molecule has 0 atom stereocenters. The van der Waals surface area contributed by atoms with Gasteiger partial charge in [0.15, 0.2) is 0 Å². The van der Waals surface area contributed by atoms with Crippen LogP contribution in [-0.2, 0) is 13.6 Å². The lowest BCUT2D eigenvalue weighted by Gasteiger charge is -2.09. The van der Waals surface area contributed by atoms with Gasteiger partial charge < -0.3 is 9.67 Å². The van der Waals surface area contributed by atoms with E-state index in [1.54, 1.807) is 4.68 Å². The fourth-order valence-corrected chi connectivity index (χ4v) is 3.88. The SMILES string of the molecule is Cn1cc2ccc(-c3ccc4ccn(Cc5cc(F)cc(C(=O)O)c5)c4c3)cc2n1. The van der Waals surface area contributed by atoms with Gasteiger partial charge in [-0.3, -0.25) is 4.68 Å². The summed E-state index contributed by atoms with van der Waals surface area (Å²) in [6.07, 6.45) is 3.92. The monoisotopic (exact) mass is 399 g/mol. The Bertz CT molecular complexity index is 1430. The maximum Gasteiger partial charge on any atom is 0.335 e. The molecule has 5 aromatic rings. The number of aromatic nitrogens is 3. The number of hydrogen-bond donors (Lipinski definition) is 1. The van der Waals surface area contributed by atoms with Gasteiger partial charge in [0.25, 0.3) is 0 Å². The zero-order chi connectivity index (χ0) is 20.8. The van der Waals surface area contributed by atoms with Crippen LogP contribution in [0.25, 0.3) is 32.9 Å².